The van der Waals surface area contributed by atoms with Gasteiger partial charge in [-0.05, 0) is 30.3 Å². The van der Waals surface area contributed by atoms with E-state index in [4.69, 9.17) is 4.74 Å². The van der Waals surface area contributed by atoms with Gasteiger partial charge in [0.05, 0.1) is 11.1 Å². The maximum Gasteiger partial charge on any atom is 0.345 e. The van der Waals surface area contributed by atoms with E-state index in [1.165, 1.54) is 0 Å². The van der Waals surface area contributed by atoms with Gasteiger partial charge in [-0.15, -0.1) is 0 Å². The van der Waals surface area contributed by atoms with E-state index in [-0.39, 0.29) is 11.7 Å². The normalized spacial score (nSPS) is 10.6. The number of aryl methyl sites for hydroxylation is 1. The van der Waals surface area contributed by atoms with Crippen LogP contribution in [0.1, 0.15) is 20.7 Å². The van der Waals surface area contributed by atoms with E-state index < -0.39 is 5.97 Å². The first-order valence-electron chi connectivity index (χ1n) is 8.85. The number of carbonyl (C=O) groups excluding carboxylic acids is 2. The lowest BCUT2D eigenvalue weighted by Gasteiger charge is -2.10. The van der Waals surface area contributed by atoms with Gasteiger partial charge in [0, 0.05) is 29.8 Å². The van der Waals surface area contributed by atoms with Crippen LogP contribution in [0.3, 0.4) is 0 Å². The molecular weight excluding hydrogens is 352 g/mol. The van der Waals surface area contributed by atoms with Crippen LogP contribution in [-0.4, -0.2) is 16.4 Å². The van der Waals surface area contributed by atoms with Crippen molar-refractivity contribution in [3.05, 3.63) is 96.2 Å². The van der Waals surface area contributed by atoms with Gasteiger partial charge in [0.15, 0.2) is 0 Å². The van der Waals surface area contributed by atoms with Crippen LogP contribution in [-0.2, 0) is 7.05 Å². The molecule has 1 heterocycles. The molecular formula is C23H18N2O3. The number of hydrogen-bond acceptors (Lipinski definition) is 3. The third-order valence-corrected chi connectivity index (χ3v) is 4.48. The average Bonchev–Trinajstić information content (AvgIpc) is 3.06. The van der Waals surface area contributed by atoms with Crippen molar-refractivity contribution in [3.63, 3.8) is 0 Å². The lowest BCUT2D eigenvalue weighted by Crippen LogP contribution is -2.16. The van der Waals surface area contributed by atoms with Gasteiger partial charge in [-0.25, -0.2) is 4.79 Å². The Labute approximate surface area is 162 Å². The van der Waals surface area contributed by atoms with Crippen LogP contribution in [0.4, 0.5) is 5.69 Å². The first-order chi connectivity index (χ1) is 13.6. The number of rotatable bonds is 4. The highest BCUT2D eigenvalue weighted by atomic mass is 16.5. The molecule has 3 aromatic carbocycles. The molecule has 0 fully saturated rings. The van der Waals surface area contributed by atoms with E-state index in [1.54, 1.807) is 42.6 Å². The summed E-state index contributed by atoms with van der Waals surface area (Å²) < 4.78 is 7.47. The summed E-state index contributed by atoms with van der Waals surface area (Å²) in [5.41, 5.74) is 2.35. The van der Waals surface area contributed by atoms with Gasteiger partial charge in [-0.3, -0.25) is 4.79 Å². The molecule has 138 valence electrons. The molecule has 1 N–H and O–H groups in total. The molecule has 0 saturated heterocycles. The highest BCUT2D eigenvalue weighted by Gasteiger charge is 2.19. The maximum atomic E-state index is 12.8. The molecule has 28 heavy (non-hydrogen) atoms. The predicted molar refractivity (Wildman–Crippen MR) is 109 cm³/mol. The molecule has 0 bridgehead atoms. The second-order valence-electron chi connectivity index (χ2n) is 6.38. The van der Waals surface area contributed by atoms with Gasteiger partial charge >= 0.3 is 5.97 Å². The number of ether oxygens (including phenoxy) is 1. The van der Waals surface area contributed by atoms with E-state index in [9.17, 15) is 9.59 Å². The number of benzene rings is 3. The Kier molecular flexibility index (Phi) is 4.64. The van der Waals surface area contributed by atoms with Crippen molar-refractivity contribution in [3.8, 4) is 5.75 Å². The number of fused-ring (bicyclic) bond motifs is 1. The summed E-state index contributed by atoms with van der Waals surface area (Å²) in [6, 6.07) is 23.4. The molecule has 0 spiro atoms. The molecule has 1 amide bonds. The number of carbonyl (C=O) groups is 2. The topological polar surface area (TPSA) is 60.3 Å². The largest absolute Gasteiger partial charge is 0.422 e. The number of nitrogens with zero attached hydrogens (tertiary/aromatic N) is 1. The number of esters is 1. The first-order valence-corrected chi connectivity index (χ1v) is 8.85. The minimum Gasteiger partial charge on any atom is -0.422 e. The van der Waals surface area contributed by atoms with Crippen molar-refractivity contribution in [2.75, 3.05) is 5.32 Å². The smallest absolute Gasteiger partial charge is 0.345 e. The Morgan fingerprint density at radius 2 is 1.50 bits per heavy atom. The Bertz CT molecular complexity index is 1160. The zero-order valence-corrected chi connectivity index (χ0v) is 15.3. The van der Waals surface area contributed by atoms with Crippen LogP contribution in [0.2, 0.25) is 0 Å². The van der Waals surface area contributed by atoms with Crippen LogP contribution < -0.4 is 10.1 Å². The SMILES string of the molecule is Cn1cc(C(=O)Oc2ccccc2C(=O)Nc2ccccc2)c2ccccc21. The van der Waals surface area contributed by atoms with Crippen molar-refractivity contribution in [2.45, 2.75) is 0 Å². The fraction of sp³-hybridized carbons (Fsp3) is 0.0435. The van der Waals surface area contributed by atoms with Crippen LogP contribution in [0.15, 0.2) is 85.1 Å². The van der Waals surface area contributed by atoms with Crippen molar-refractivity contribution in [1.29, 1.82) is 0 Å². The number of anilines is 1. The summed E-state index contributed by atoms with van der Waals surface area (Å²) in [7, 11) is 1.88. The quantitative estimate of drug-likeness (QED) is 0.420. The minimum absolute atomic E-state index is 0.217. The Morgan fingerprint density at radius 1 is 0.821 bits per heavy atom. The number of amides is 1. The van der Waals surface area contributed by atoms with E-state index in [0.717, 1.165) is 10.9 Å². The number of para-hydroxylation sites is 3. The lowest BCUT2D eigenvalue weighted by atomic mass is 10.1. The van der Waals surface area contributed by atoms with E-state index in [0.29, 0.717) is 16.8 Å². The van der Waals surface area contributed by atoms with Gasteiger partial charge < -0.3 is 14.6 Å². The minimum atomic E-state index is -0.503. The van der Waals surface area contributed by atoms with Gasteiger partial charge in [-0.1, -0.05) is 48.5 Å². The van der Waals surface area contributed by atoms with Crippen molar-refractivity contribution in [2.24, 2.45) is 7.05 Å². The fourth-order valence-corrected chi connectivity index (χ4v) is 3.12. The molecule has 0 saturated carbocycles. The van der Waals surface area contributed by atoms with Gasteiger partial charge in [-0.2, -0.15) is 0 Å². The average molecular weight is 370 g/mol. The highest BCUT2D eigenvalue weighted by molar-refractivity contribution is 6.08. The Balaban J connectivity index is 1.62. The highest BCUT2D eigenvalue weighted by Crippen LogP contribution is 2.25. The number of aromatic nitrogens is 1. The third kappa shape index (κ3) is 3.38. The third-order valence-electron chi connectivity index (χ3n) is 4.48. The zero-order valence-electron chi connectivity index (χ0n) is 15.3. The van der Waals surface area contributed by atoms with Gasteiger partial charge in [0.25, 0.3) is 5.91 Å². The molecule has 4 rings (SSSR count). The van der Waals surface area contributed by atoms with Crippen molar-refractivity contribution in [1.82, 2.24) is 4.57 Å². The van der Waals surface area contributed by atoms with Crippen molar-refractivity contribution >= 4 is 28.5 Å². The van der Waals surface area contributed by atoms with Gasteiger partial charge in [0.1, 0.15) is 5.75 Å². The van der Waals surface area contributed by atoms with Crippen molar-refractivity contribution < 1.29 is 14.3 Å². The molecule has 5 nitrogen and oxygen atoms in total. The molecule has 0 aliphatic heterocycles. The second-order valence-corrected chi connectivity index (χ2v) is 6.38. The molecule has 0 atom stereocenters. The molecule has 4 aromatic rings. The van der Waals surface area contributed by atoms with E-state index in [1.807, 2.05) is 54.1 Å². The van der Waals surface area contributed by atoms with Crippen LogP contribution in [0.5, 0.6) is 5.75 Å². The van der Waals surface area contributed by atoms with E-state index >= 15 is 0 Å². The standard InChI is InChI=1S/C23H18N2O3/c1-25-15-19(17-11-5-7-13-20(17)25)23(27)28-21-14-8-6-12-18(21)22(26)24-16-9-3-2-4-10-16/h2-15H,1H3,(H,24,26). The fourth-order valence-electron chi connectivity index (χ4n) is 3.12. The summed E-state index contributed by atoms with van der Waals surface area (Å²) in [6.07, 6.45) is 1.74. The molecule has 0 unspecified atom stereocenters. The van der Waals surface area contributed by atoms with E-state index in [2.05, 4.69) is 5.32 Å². The number of hydrogen-bond donors (Lipinski definition) is 1. The first kappa shape index (κ1) is 17.5. The molecule has 0 radical (unpaired) electrons. The predicted octanol–water partition coefficient (Wildman–Crippen LogP) is 4.65. The zero-order chi connectivity index (χ0) is 19.5. The van der Waals surface area contributed by atoms with Crippen LogP contribution in [0.25, 0.3) is 10.9 Å². The Morgan fingerprint density at radius 3 is 2.32 bits per heavy atom. The molecule has 0 aliphatic carbocycles. The summed E-state index contributed by atoms with van der Waals surface area (Å²) in [6.45, 7) is 0. The molecule has 1 aromatic heterocycles. The molecule has 5 heteroatoms. The molecule has 0 aliphatic rings. The van der Waals surface area contributed by atoms with Gasteiger partial charge in [0.2, 0.25) is 0 Å². The summed E-state index contributed by atoms with van der Waals surface area (Å²) in [5.74, 6) is -0.627. The second kappa shape index (κ2) is 7.40. The summed E-state index contributed by atoms with van der Waals surface area (Å²) in [5, 5.41) is 3.62. The summed E-state index contributed by atoms with van der Waals surface area (Å²) >= 11 is 0. The maximum absolute atomic E-state index is 12.8. The summed E-state index contributed by atoms with van der Waals surface area (Å²) in [4.78, 5) is 25.5. The van der Waals surface area contributed by atoms with Crippen LogP contribution >= 0.6 is 0 Å². The lowest BCUT2D eigenvalue weighted by molar-refractivity contribution is 0.0734. The monoisotopic (exact) mass is 370 g/mol. The van der Waals surface area contributed by atoms with Crippen LogP contribution in [0, 0.1) is 0 Å². The number of nitrogens with one attached hydrogen (secondary N) is 1. The Hall–Kier alpha value is -3.86.